The first-order valence-corrected chi connectivity index (χ1v) is 7.80. The summed E-state index contributed by atoms with van der Waals surface area (Å²) >= 11 is 3.38. The fourth-order valence-electron chi connectivity index (χ4n) is 1.93. The van der Waals surface area contributed by atoms with Gasteiger partial charge in [0.25, 0.3) is 0 Å². The molecule has 0 radical (unpaired) electrons. The van der Waals surface area contributed by atoms with E-state index in [0.29, 0.717) is 5.92 Å². The summed E-state index contributed by atoms with van der Waals surface area (Å²) in [6, 6.07) is 3.92. The van der Waals surface area contributed by atoms with Crippen LogP contribution in [0.5, 0.6) is 0 Å². The van der Waals surface area contributed by atoms with E-state index >= 15 is 0 Å². The lowest BCUT2D eigenvalue weighted by Crippen LogP contribution is -2.20. The normalized spacial score (nSPS) is 11.2. The lowest BCUT2D eigenvalue weighted by molar-refractivity contribution is 0.543. The van der Waals surface area contributed by atoms with Gasteiger partial charge in [0.05, 0.1) is 6.20 Å². The van der Waals surface area contributed by atoms with Gasteiger partial charge in [-0.25, -0.2) is 9.67 Å². The topological polar surface area (TPSA) is 42.7 Å². The Hall–Kier alpha value is -1.20. The van der Waals surface area contributed by atoms with Crippen molar-refractivity contribution in [3.8, 4) is 5.82 Å². The predicted octanol–water partition coefficient (Wildman–Crippen LogP) is 3.21. The van der Waals surface area contributed by atoms with E-state index < -0.39 is 0 Å². The van der Waals surface area contributed by atoms with Gasteiger partial charge in [-0.15, -0.1) is 0 Å². The molecular weight excluding hydrogens is 316 g/mol. The van der Waals surface area contributed by atoms with Crippen LogP contribution in [-0.4, -0.2) is 27.9 Å². The summed E-state index contributed by atoms with van der Waals surface area (Å²) in [5, 5.41) is 7.82. The number of hydrogen-bond acceptors (Lipinski definition) is 3. The minimum absolute atomic E-state index is 0.709. The van der Waals surface area contributed by atoms with Crippen LogP contribution in [0.1, 0.15) is 25.8 Å². The van der Waals surface area contributed by atoms with Crippen LogP contribution in [0.25, 0.3) is 5.82 Å². The van der Waals surface area contributed by atoms with Gasteiger partial charge in [-0.3, -0.25) is 0 Å². The van der Waals surface area contributed by atoms with E-state index in [1.807, 2.05) is 23.0 Å². The van der Waals surface area contributed by atoms with Crippen molar-refractivity contribution in [3.05, 3.63) is 40.8 Å². The van der Waals surface area contributed by atoms with Crippen LogP contribution in [0.3, 0.4) is 0 Å². The molecule has 0 aliphatic heterocycles. The van der Waals surface area contributed by atoms with Gasteiger partial charge >= 0.3 is 0 Å². The molecule has 0 bridgehead atoms. The average molecular weight is 337 g/mol. The number of nitrogens with zero attached hydrogens (tertiary/aromatic N) is 3. The second kappa shape index (κ2) is 7.55. The van der Waals surface area contributed by atoms with Gasteiger partial charge in [-0.1, -0.05) is 13.8 Å². The molecule has 0 aliphatic rings. The van der Waals surface area contributed by atoms with Crippen LogP contribution >= 0.6 is 15.9 Å². The lowest BCUT2D eigenvalue weighted by Gasteiger charge is -2.06. The minimum Gasteiger partial charge on any atom is -0.316 e. The quantitative estimate of drug-likeness (QED) is 0.789. The third-order valence-corrected chi connectivity index (χ3v) is 3.42. The highest BCUT2D eigenvalue weighted by Crippen LogP contribution is 2.11. The molecule has 20 heavy (non-hydrogen) atoms. The van der Waals surface area contributed by atoms with E-state index in [0.717, 1.165) is 36.2 Å². The molecule has 0 amide bonds. The molecule has 0 aliphatic carbocycles. The largest absolute Gasteiger partial charge is 0.316 e. The van der Waals surface area contributed by atoms with Crippen molar-refractivity contribution in [1.29, 1.82) is 0 Å². The molecule has 0 atom stereocenters. The maximum atomic E-state index is 4.36. The Morgan fingerprint density at radius 3 is 2.85 bits per heavy atom. The number of pyridine rings is 1. The molecule has 0 unspecified atom stereocenters. The molecule has 108 valence electrons. The molecule has 0 fully saturated rings. The number of hydrogen-bond donors (Lipinski definition) is 1. The maximum Gasteiger partial charge on any atom is 0.153 e. The summed E-state index contributed by atoms with van der Waals surface area (Å²) in [5.74, 6) is 1.55. The first-order chi connectivity index (χ1) is 9.65. The van der Waals surface area contributed by atoms with Gasteiger partial charge in [-0.2, -0.15) is 5.10 Å². The molecule has 0 saturated carbocycles. The predicted molar refractivity (Wildman–Crippen MR) is 85.1 cm³/mol. The van der Waals surface area contributed by atoms with Gasteiger partial charge in [0.15, 0.2) is 5.82 Å². The molecular formula is C15H21BrN4. The van der Waals surface area contributed by atoms with Crippen LogP contribution in [0.15, 0.2) is 35.2 Å². The van der Waals surface area contributed by atoms with Crippen molar-refractivity contribution >= 4 is 15.9 Å². The van der Waals surface area contributed by atoms with Crippen LogP contribution in [0, 0.1) is 5.92 Å². The minimum atomic E-state index is 0.709. The Morgan fingerprint density at radius 1 is 1.30 bits per heavy atom. The highest BCUT2D eigenvalue weighted by Gasteiger charge is 2.02. The van der Waals surface area contributed by atoms with E-state index in [4.69, 9.17) is 0 Å². The van der Waals surface area contributed by atoms with Crippen LogP contribution in [0.2, 0.25) is 0 Å². The standard InChI is InChI=1S/C15H21BrN4/c1-12(2)8-17-7-3-4-13-9-19-20(11-13)15-6-5-14(16)10-18-15/h5-6,9-12,17H,3-4,7-8H2,1-2H3. The molecule has 2 aromatic rings. The molecule has 2 rings (SSSR count). The highest BCUT2D eigenvalue weighted by atomic mass is 79.9. The molecule has 0 aromatic carbocycles. The molecule has 0 saturated heterocycles. The first kappa shape index (κ1) is 15.2. The smallest absolute Gasteiger partial charge is 0.153 e. The van der Waals surface area contributed by atoms with Crippen molar-refractivity contribution in [1.82, 2.24) is 20.1 Å². The van der Waals surface area contributed by atoms with Crippen molar-refractivity contribution in [3.63, 3.8) is 0 Å². The van der Waals surface area contributed by atoms with E-state index in [1.165, 1.54) is 5.56 Å². The van der Waals surface area contributed by atoms with Gasteiger partial charge < -0.3 is 5.32 Å². The molecule has 2 aromatic heterocycles. The number of halogens is 1. The van der Waals surface area contributed by atoms with E-state index in [2.05, 4.69) is 51.4 Å². The third kappa shape index (κ3) is 4.72. The summed E-state index contributed by atoms with van der Waals surface area (Å²) in [6.07, 6.45) is 7.94. The van der Waals surface area contributed by atoms with Crippen molar-refractivity contribution in [2.45, 2.75) is 26.7 Å². The molecule has 1 N–H and O–H groups in total. The Morgan fingerprint density at radius 2 is 2.15 bits per heavy atom. The summed E-state index contributed by atoms with van der Waals surface area (Å²) in [6.45, 7) is 6.59. The Labute approximate surface area is 128 Å². The number of nitrogens with one attached hydrogen (secondary N) is 1. The number of aryl methyl sites for hydroxylation is 1. The van der Waals surface area contributed by atoms with Crippen molar-refractivity contribution in [2.75, 3.05) is 13.1 Å². The third-order valence-electron chi connectivity index (χ3n) is 2.95. The second-order valence-corrected chi connectivity index (χ2v) is 6.24. The van der Waals surface area contributed by atoms with Gasteiger partial charge in [0.2, 0.25) is 0 Å². The first-order valence-electron chi connectivity index (χ1n) is 7.01. The fourth-order valence-corrected chi connectivity index (χ4v) is 2.16. The number of aromatic nitrogens is 3. The Balaban J connectivity index is 1.82. The van der Waals surface area contributed by atoms with Crippen molar-refractivity contribution < 1.29 is 0 Å². The Kier molecular flexibility index (Phi) is 5.73. The average Bonchev–Trinajstić information content (AvgIpc) is 2.87. The van der Waals surface area contributed by atoms with E-state index in [1.54, 1.807) is 6.20 Å². The van der Waals surface area contributed by atoms with Crippen molar-refractivity contribution in [2.24, 2.45) is 5.92 Å². The monoisotopic (exact) mass is 336 g/mol. The molecule has 4 nitrogen and oxygen atoms in total. The molecule has 5 heteroatoms. The highest BCUT2D eigenvalue weighted by molar-refractivity contribution is 9.10. The second-order valence-electron chi connectivity index (χ2n) is 5.33. The number of rotatable bonds is 7. The molecule has 0 spiro atoms. The summed E-state index contributed by atoms with van der Waals surface area (Å²) in [5.41, 5.74) is 1.25. The zero-order chi connectivity index (χ0) is 14.4. The zero-order valence-electron chi connectivity index (χ0n) is 12.0. The fraction of sp³-hybridized carbons (Fsp3) is 0.467. The van der Waals surface area contributed by atoms with E-state index in [9.17, 15) is 0 Å². The van der Waals surface area contributed by atoms with Crippen LogP contribution < -0.4 is 5.32 Å². The van der Waals surface area contributed by atoms with Gasteiger partial charge in [-0.05, 0) is 65.5 Å². The van der Waals surface area contributed by atoms with Gasteiger partial charge in [0, 0.05) is 16.9 Å². The summed E-state index contributed by atoms with van der Waals surface area (Å²) in [7, 11) is 0. The molecule has 2 heterocycles. The van der Waals surface area contributed by atoms with Gasteiger partial charge in [0.1, 0.15) is 0 Å². The lowest BCUT2D eigenvalue weighted by atomic mass is 10.2. The SMILES string of the molecule is CC(C)CNCCCc1cnn(-c2ccc(Br)cn2)c1. The maximum absolute atomic E-state index is 4.36. The van der Waals surface area contributed by atoms with Crippen LogP contribution in [0.4, 0.5) is 0 Å². The summed E-state index contributed by atoms with van der Waals surface area (Å²) < 4.78 is 2.80. The Bertz CT molecular complexity index is 519. The summed E-state index contributed by atoms with van der Waals surface area (Å²) in [4.78, 5) is 4.33. The zero-order valence-corrected chi connectivity index (χ0v) is 13.6. The van der Waals surface area contributed by atoms with E-state index in [-0.39, 0.29) is 0 Å². The van der Waals surface area contributed by atoms with Crippen LogP contribution in [-0.2, 0) is 6.42 Å².